The first-order valence-corrected chi connectivity index (χ1v) is 11.4. The van der Waals surface area contributed by atoms with Crippen LogP contribution in [0.2, 0.25) is 0 Å². The SMILES string of the molecule is COc1cc(CNC(=O)CN(C)CC(=O)Nc2ccc(N3CCOCC3)cc2)cc(OC)c1OC. The molecule has 2 N–H and O–H groups in total. The van der Waals surface area contributed by atoms with E-state index in [2.05, 4.69) is 15.5 Å². The zero-order chi connectivity index (χ0) is 25.2. The van der Waals surface area contributed by atoms with Gasteiger partial charge in [-0.2, -0.15) is 0 Å². The number of ether oxygens (including phenoxy) is 4. The third-order valence-electron chi connectivity index (χ3n) is 5.57. The van der Waals surface area contributed by atoms with Gasteiger partial charge < -0.3 is 34.5 Å². The normalized spacial score (nSPS) is 13.3. The van der Waals surface area contributed by atoms with Crippen LogP contribution in [0.5, 0.6) is 17.2 Å². The molecule has 1 aliphatic rings. The summed E-state index contributed by atoms with van der Waals surface area (Å²) in [6.45, 7) is 3.61. The van der Waals surface area contributed by atoms with Crippen molar-refractivity contribution in [3.8, 4) is 17.2 Å². The topological polar surface area (TPSA) is 102 Å². The molecule has 190 valence electrons. The Morgan fingerprint density at radius 2 is 1.54 bits per heavy atom. The molecule has 0 aliphatic carbocycles. The molecule has 35 heavy (non-hydrogen) atoms. The molecule has 2 aromatic carbocycles. The van der Waals surface area contributed by atoms with E-state index in [1.807, 2.05) is 24.3 Å². The number of nitrogens with one attached hydrogen (secondary N) is 2. The minimum absolute atomic E-state index is 0.0772. The van der Waals surface area contributed by atoms with E-state index in [0.717, 1.165) is 37.6 Å². The van der Waals surface area contributed by atoms with E-state index >= 15 is 0 Å². The second-order valence-corrected chi connectivity index (χ2v) is 8.18. The number of rotatable bonds is 11. The molecule has 0 saturated carbocycles. The molecule has 1 aliphatic heterocycles. The van der Waals surface area contributed by atoms with Gasteiger partial charge in [-0.25, -0.2) is 0 Å². The first kappa shape index (κ1) is 26.1. The van der Waals surface area contributed by atoms with Crippen molar-refractivity contribution < 1.29 is 28.5 Å². The summed E-state index contributed by atoms with van der Waals surface area (Å²) in [5, 5.41) is 5.73. The molecule has 0 bridgehead atoms. The Hall–Kier alpha value is -3.50. The fourth-order valence-electron chi connectivity index (χ4n) is 3.82. The monoisotopic (exact) mass is 486 g/mol. The van der Waals surface area contributed by atoms with Crippen LogP contribution in [-0.4, -0.2) is 84.5 Å². The van der Waals surface area contributed by atoms with Crippen molar-refractivity contribution in [3.05, 3.63) is 42.0 Å². The van der Waals surface area contributed by atoms with Gasteiger partial charge in [0.1, 0.15) is 0 Å². The van der Waals surface area contributed by atoms with Crippen molar-refractivity contribution in [1.29, 1.82) is 0 Å². The Balaban J connectivity index is 1.44. The predicted molar refractivity (Wildman–Crippen MR) is 134 cm³/mol. The van der Waals surface area contributed by atoms with E-state index < -0.39 is 0 Å². The standard InChI is InChI=1S/C25H34N4O6/c1-28(16-23(30)26-15-18-13-21(32-2)25(34-4)22(14-18)33-3)17-24(31)27-19-5-7-20(8-6-19)29-9-11-35-12-10-29/h5-8,13-14H,9-12,15-17H2,1-4H3,(H,26,30)(H,27,31). The lowest BCUT2D eigenvalue weighted by Gasteiger charge is -2.28. The van der Waals surface area contributed by atoms with Gasteiger partial charge in [0.25, 0.3) is 0 Å². The number of anilines is 2. The van der Waals surface area contributed by atoms with Crippen molar-refractivity contribution in [1.82, 2.24) is 10.2 Å². The minimum atomic E-state index is -0.205. The van der Waals surface area contributed by atoms with Crippen LogP contribution < -0.4 is 29.7 Å². The Bertz CT molecular complexity index is 967. The van der Waals surface area contributed by atoms with Gasteiger partial charge in [0.15, 0.2) is 11.5 Å². The van der Waals surface area contributed by atoms with Gasteiger partial charge in [0.05, 0.1) is 47.6 Å². The number of methoxy groups -OCH3 is 3. The van der Waals surface area contributed by atoms with Crippen LogP contribution in [-0.2, 0) is 20.9 Å². The molecule has 0 atom stereocenters. The Kier molecular flexibility index (Phi) is 9.56. The van der Waals surface area contributed by atoms with E-state index in [-0.39, 0.29) is 31.4 Å². The highest BCUT2D eigenvalue weighted by Gasteiger charge is 2.15. The third-order valence-corrected chi connectivity index (χ3v) is 5.57. The van der Waals surface area contributed by atoms with Crippen molar-refractivity contribution in [2.45, 2.75) is 6.54 Å². The number of carbonyl (C=O) groups excluding carboxylic acids is 2. The van der Waals surface area contributed by atoms with Crippen LogP contribution in [0.1, 0.15) is 5.56 Å². The highest BCUT2D eigenvalue weighted by Crippen LogP contribution is 2.38. The molecule has 1 heterocycles. The third kappa shape index (κ3) is 7.49. The van der Waals surface area contributed by atoms with Crippen molar-refractivity contribution in [2.24, 2.45) is 0 Å². The zero-order valence-electron chi connectivity index (χ0n) is 20.8. The van der Waals surface area contributed by atoms with Gasteiger partial charge in [-0.15, -0.1) is 0 Å². The summed E-state index contributed by atoms with van der Waals surface area (Å²) in [6, 6.07) is 11.3. The van der Waals surface area contributed by atoms with E-state index in [4.69, 9.17) is 18.9 Å². The number of morpholine rings is 1. The zero-order valence-corrected chi connectivity index (χ0v) is 20.8. The average Bonchev–Trinajstić information content (AvgIpc) is 2.87. The maximum Gasteiger partial charge on any atom is 0.238 e. The number of benzene rings is 2. The lowest BCUT2D eigenvalue weighted by molar-refractivity contribution is -0.123. The number of hydrogen-bond acceptors (Lipinski definition) is 8. The summed E-state index contributed by atoms with van der Waals surface area (Å²) in [4.78, 5) is 28.7. The largest absolute Gasteiger partial charge is 0.493 e. The minimum Gasteiger partial charge on any atom is -0.493 e. The molecule has 0 aromatic heterocycles. The fraction of sp³-hybridized carbons (Fsp3) is 0.440. The van der Waals surface area contributed by atoms with E-state index in [0.29, 0.717) is 22.9 Å². The molecule has 1 saturated heterocycles. The van der Waals surface area contributed by atoms with Gasteiger partial charge >= 0.3 is 0 Å². The van der Waals surface area contributed by atoms with E-state index in [9.17, 15) is 9.59 Å². The molecule has 1 fully saturated rings. The second-order valence-electron chi connectivity index (χ2n) is 8.18. The van der Waals surface area contributed by atoms with Crippen LogP contribution >= 0.6 is 0 Å². The molecule has 2 amide bonds. The second kappa shape index (κ2) is 12.8. The summed E-state index contributed by atoms with van der Waals surface area (Å²) in [5.74, 6) is 1.13. The molecule has 2 aromatic rings. The summed E-state index contributed by atoms with van der Waals surface area (Å²) < 4.78 is 21.4. The maximum absolute atomic E-state index is 12.4. The van der Waals surface area contributed by atoms with Gasteiger partial charge in [-0.1, -0.05) is 0 Å². The fourth-order valence-corrected chi connectivity index (χ4v) is 3.82. The molecule has 0 radical (unpaired) electrons. The van der Waals surface area contributed by atoms with Crippen molar-refractivity contribution in [2.75, 3.05) is 78.0 Å². The molecular formula is C25H34N4O6. The summed E-state index contributed by atoms with van der Waals surface area (Å²) in [5.41, 5.74) is 2.62. The van der Waals surface area contributed by atoms with Crippen LogP contribution in [0.25, 0.3) is 0 Å². The summed E-state index contributed by atoms with van der Waals surface area (Å²) in [7, 11) is 6.34. The first-order chi connectivity index (χ1) is 16.9. The number of likely N-dealkylation sites (N-methyl/N-ethyl adjacent to an activating group) is 1. The summed E-state index contributed by atoms with van der Waals surface area (Å²) in [6.07, 6.45) is 0. The number of nitrogens with zero attached hydrogens (tertiary/aromatic N) is 2. The molecule has 0 spiro atoms. The van der Waals surface area contributed by atoms with E-state index in [1.54, 1.807) is 24.1 Å². The van der Waals surface area contributed by atoms with Gasteiger partial charge in [-0.05, 0) is 49.0 Å². The number of hydrogen-bond donors (Lipinski definition) is 2. The van der Waals surface area contributed by atoms with Crippen LogP contribution in [0.4, 0.5) is 11.4 Å². The van der Waals surface area contributed by atoms with Gasteiger partial charge in [0, 0.05) is 31.0 Å². The molecule has 10 heteroatoms. The Morgan fingerprint density at radius 3 is 2.11 bits per heavy atom. The quantitative estimate of drug-likeness (QED) is 0.495. The lowest BCUT2D eigenvalue weighted by atomic mass is 10.1. The Morgan fingerprint density at radius 1 is 0.943 bits per heavy atom. The van der Waals surface area contributed by atoms with Crippen molar-refractivity contribution in [3.63, 3.8) is 0 Å². The smallest absolute Gasteiger partial charge is 0.238 e. The highest BCUT2D eigenvalue weighted by molar-refractivity contribution is 5.92. The number of amides is 2. The lowest BCUT2D eigenvalue weighted by Crippen LogP contribution is -2.38. The predicted octanol–water partition coefficient (Wildman–Crippen LogP) is 1.74. The highest BCUT2D eigenvalue weighted by atomic mass is 16.5. The van der Waals surface area contributed by atoms with Gasteiger partial charge in [0.2, 0.25) is 17.6 Å². The van der Waals surface area contributed by atoms with Crippen molar-refractivity contribution >= 4 is 23.2 Å². The first-order valence-electron chi connectivity index (χ1n) is 11.4. The molecular weight excluding hydrogens is 452 g/mol. The average molecular weight is 487 g/mol. The number of carbonyl (C=O) groups is 2. The maximum atomic E-state index is 12.4. The van der Waals surface area contributed by atoms with E-state index in [1.165, 1.54) is 21.3 Å². The van der Waals surface area contributed by atoms with Gasteiger partial charge in [-0.3, -0.25) is 14.5 Å². The van der Waals surface area contributed by atoms with Crippen LogP contribution in [0.15, 0.2) is 36.4 Å². The van der Waals surface area contributed by atoms with Crippen LogP contribution in [0, 0.1) is 0 Å². The van der Waals surface area contributed by atoms with Crippen LogP contribution in [0.3, 0.4) is 0 Å². The summed E-state index contributed by atoms with van der Waals surface area (Å²) >= 11 is 0. The molecule has 3 rings (SSSR count). The molecule has 0 unspecified atom stereocenters. The molecule has 10 nitrogen and oxygen atoms in total. The Labute approximate surface area is 206 Å².